The van der Waals surface area contributed by atoms with Crippen LogP contribution in [0.3, 0.4) is 0 Å². The van der Waals surface area contributed by atoms with Crippen LogP contribution in [0.25, 0.3) is 4.85 Å². The summed E-state index contributed by atoms with van der Waals surface area (Å²) in [4.78, 5) is 65.1. The van der Waals surface area contributed by atoms with Crippen molar-refractivity contribution in [2.45, 2.75) is 258 Å². The van der Waals surface area contributed by atoms with E-state index in [1.165, 1.54) is 75.6 Å². The number of nitrogens with one attached hydrogen (secondary N) is 5. The van der Waals surface area contributed by atoms with Crippen molar-refractivity contribution in [3.63, 3.8) is 0 Å². The number of sulfonamides is 5. The van der Waals surface area contributed by atoms with Crippen molar-refractivity contribution >= 4 is 78.6 Å². The van der Waals surface area contributed by atoms with Crippen LogP contribution in [-0.2, 0) is 103 Å². The Bertz CT molecular complexity index is 7170. The maximum absolute atomic E-state index is 14.8. The van der Waals surface area contributed by atoms with Crippen LogP contribution in [-0.4, -0.2) is 90.7 Å². The van der Waals surface area contributed by atoms with Gasteiger partial charge in [0.15, 0.2) is 11.6 Å². The Morgan fingerprint density at radius 1 is 0.380 bits per heavy atom. The lowest BCUT2D eigenvalue weighted by molar-refractivity contribution is 0.479. The molecule has 1 unspecified atom stereocenters. The first kappa shape index (κ1) is 106. The fraction of sp³-hybridized carbons (Fsp3) is 0.434. The van der Waals surface area contributed by atoms with Gasteiger partial charge in [-0.25, -0.2) is 84.0 Å². The van der Waals surface area contributed by atoms with Gasteiger partial charge in [-0.2, -0.15) is 0 Å². The average molecular weight is 2000 g/mol. The number of nitrogens with zero attached hydrogens (tertiary/aromatic N) is 6. The molecule has 1 atom stereocenters. The lowest BCUT2D eigenvalue weighted by atomic mass is 9.99. The van der Waals surface area contributed by atoms with Crippen molar-refractivity contribution in [2.24, 2.45) is 19.5 Å². The van der Waals surface area contributed by atoms with Crippen LogP contribution < -0.4 is 51.4 Å². The number of rotatable bonds is 28. The standard InChI is InChI=1S/2C21H27FN2O3S.C19H19F2N3O3S.C19H22F2N2O3S.C19H23FN2O3S/c2*1-13(2)24-12-20(23-28(26,27)17-6-5-7-17)18(15(4)21(24)25)11-16-9-8-14(3)10-19(16)22;1-12-6-7-13(16(20)8-12)9-15-17(23-28(26,27)14-4-3-5-14)10-24(11-22-2)19(25)18(15)21;1-11-5-6-12(14(20)7-11)8-13-15(10-23(4)18(24)17(13)21)22-27(25,26)16-9-19(16,2)3;1-12-5-6-14(16(20)9-12)10-15-13(2)18(23)22(4)11-17(15)21-26(24,25)19(3)7-8-19/h2*8-10,12-13,17,23H,5-7,11H2,1-4H3;6-8,10,14,23H,3-5,9,11H2,1H3;5-7,10,16,22H,8-9H2,1-4H3;5-6,9,11,21H,7-8,10H2,1-4H3. The highest BCUT2D eigenvalue weighted by Gasteiger charge is 2.55. The SMILES string of the molecule is Cc1ccc(Cc2c(NS(=O)(=O)C3(C)CC3)cn(C)c(=O)c2C)c(F)c1.Cc1ccc(Cc2c(NS(=O)(=O)C3CC3(C)C)cn(C)c(=O)c2F)c(F)c1.Cc1ccc(Cc2c(NS(=O)(=O)C3CCC3)cn(C(C)C)c(=O)c2C)c(F)c1.Cc1ccc(Cc2c(NS(=O)(=O)C3CCC3)cn(C(C)C)c(=O)c2C)c(F)c1.[C-]#[N+]Cn1cc(NS(=O)(=O)C2CCC2)c(Cc2ccc(C)cc2F)c(F)c1=O. The maximum Gasteiger partial charge on any atom is 0.295 e. The van der Waals surface area contributed by atoms with E-state index in [4.69, 9.17) is 6.57 Å². The van der Waals surface area contributed by atoms with Crippen LogP contribution in [0.4, 0.5) is 59.2 Å². The molecule has 10 aromatic rings. The van der Waals surface area contributed by atoms with E-state index in [2.05, 4.69) is 28.5 Å². The van der Waals surface area contributed by atoms with Gasteiger partial charge in [0.05, 0.1) is 54.2 Å². The predicted octanol–water partition coefficient (Wildman–Crippen LogP) is 17.5. The maximum atomic E-state index is 14.8. The molecule has 0 radical (unpaired) electrons. The summed E-state index contributed by atoms with van der Waals surface area (Å²) in [5, 5.41) is -1.98. The summed E-state index contributed by atoms with van der Waals surface area (Å²) in [5.74, 6) is -4.48. The van der Waals surface area contributed by atoms with E-state index in [1.54, 1.807) is 130 Å². The van der Waals surface area contributed by atoms with Crippen LogP contribution in [0.1, 0.15) is 238 Å². The van der Waals surface area contributed by atoms with Crippen molar-refractivity contribution < 1.29 is 72.8 Å². The van der Waals surface area contributed by atoms with Gasteiger partial charge in [0.2, 0.25) is 50.1 Å². The second kappa shape index (κ2) is 42.1. The zero-order chi connectivity index (χ0) is 101. The molecule has 0 bridgehead atoms. The first-order valence-electron chi connectivity index (χ1n) is 45.0. The second-order valence-electron chi connectivity index (χ2n) is 38.0. The molecule has 5 aliphatic rings. The third-order valence-corrected chi connectivity index (χ3v) is 35.8. The number of anilines is 5. The summed E-state index contributed by atoms with van der Waals surface area (Å²) >= 11 is 0. The van der Waals surface area contributed by atoms with Crippen LogP contribution in [0, 0.1) is 108 Å². The van der Waals surface area contributed by atoms with Gasteiger partial charge in [-0.15, -0.1) is 0 Å². The zero-order valence-corrected chi connectivity index (χ0v) is 83.8. The Morgan fingerprint density at radius 2 is 0.650 bits per heavy atom. The average Bonchev–Trinajstić information content (AvgIpc) is 2.03. The third kappa shape index (κ3) is 24.8. The highest BCUT2D eigenvalue weighted by Crippen LogP contribution is 2.50. The lowest BCUT2D eigenvalue weighted by Gasteiger charge is -2.27. The molecular weight excluding hydrogens is 1880 g/mol. The van der Waals surface area contributed by atoms with E-state index in [0.29, 0.717) is 136 Å². The molecule has 0 spiro atoms. The molecule has 738 valence electrons. The van der Waals surface area contributed by atoms with Crippen molar-refractivity contribution in [3.8, 4) is 0 Å². The molecule has 137 heavy (non-hydrogen) atoms. The van der Waals surface area contributed by atoms with Crippen molar-refractivity contribution in [1.82, 2.24) is 22.8 Å². The molecule has 5 aromatic carbocycles. The molecule has 0 amide bonds. The van der Waals surface area contributed by atoms with E-state index >= 15 is 0 Å². The minimum atomic E-state index is -3.77. The van der Waals surface area contributed by atoms with Gasteiger partial charge >= 0.3 is 0 Å². The third-order valence-electron chi connectivity index (χ3n) is 26.0. The minimum absolute atomic E-state index is 0.0442. The Balaban J connectivity index is 0.000000164. The molecule has 0 saturated heterocycles. The largest absolute Gasteiger partial charge is 0.316 e. The topological polar surface area (TPSA) is 345 Å². The van der Waals surface area contributed by atoms with Crippen molar-refractivity contribution in [3.05, 3.63) is 326 Å². The van der Waals surface area contributed by atoms with Gasteiger partial charge in [-0.1, -0.05) is 93.8 Å². The highest BCUT2D eigenvalue weighted by atomic mass is 32.2. The number of aryl methyl sites for hydroxylation is 7. The summed E-state index contributed by atoms with van der Waals surface area (Å²) in [7, 11) is -15.3. The summed E-state index contributed by atoms with van der Waals surface area (Å²) in [6.07, 6.45) is 14.7. The van der Waals surface area contributed by atoms with Gasteiger partial charge < -0.3 is 18.3 Å². The molecular formula is C99H118F7N11O15S5. The molecule has 5 saturated carbocycles. The smallest absolute Gasteiger partial charge is 0.295 e. The van der Waals surface area contributed by atoms with Crippen molar-refractivity contribution in [2.75, 3.05) is 23.6 Å². The number of halogens is 7. The second-order valence-corrected chi connectivity index (χ2v) is 47.9. The first-order valence-corrected chi connectivity index (χ1v) is 52.7. The van der Waals surface area contributed by atoms with Gasteiger partial charge in [0, 0.05) is 117 Å². The Kier molecular flexibility index (Phi) is 32.6. The summed E-state index contributed by atoms with van der Waals surface area (Å²) in [5.41, 5.74) is 5.76. The molecule has 15 rings (SSSR count). The Morgan fingerprint density at radius 3 is 0.927 bits per heavy atom. The fourth-order valence-electron chi connectivity index (χ4n) is 15.9. The van der Waals surface area contributed by atoms with Crippen LogP contribution in [0.2, 0.25) is 0 Å². The van der Waals surface area contributed by atoms with Crippen LogP contribution in [0.15, 0.2) is 146 Å². The quantitative estimate of drug-likeness (QED) is 0.0225. The number of aromatic nitrogens is 5. The van der Waals surface area contributed by atoms with E-state index in [-0.39, 0.29) is 117 Å². The Hall–Kier alpha value is -11.4. The van der Waals surface area contributed by atoms with Gasteiger partial charge in [-0.3, -0.25) is 52.4 Å². The van der Waals surface area contributed by atoms with Crippen molar-refractivity contribution in [1.29, 1.82) is 0 Å². The fourth-order valence-corrected chi connectivity index (χ4v) is 24.2. The molecule has 26 nitrogen and oxygen atoms in total. The lowest BCUT2D eigenvalue weighted by Crippen LogP contribution is -2.35. The number of benzene rings is 5. The first-order chi connectivity index (χ1) is 63.9. The molecule has 5 heterocycles. The van der Waals surface area contributed by atoms with Gasteiger partial charge in [0.25, 0.3) is 34.5 Å². The predicted molar refractivity (Wildman–Crippen MR) is 522 cm³/mol. The number of pyridine rings is 5. The van der Waals surface area contributed by atoms with Crippen LogP contribution >= 0.6 is 0 Å². The van der Waals surface area contributed by atoms with Gasteiger partial charge in [0.1, 0.15) is 29.1 Å². The van der Waals surface area contributed by atoms with E-state index in [1.807, 2.05) is 41.5 Å². The molecule has 0 aliphatic heterocycles. The molecule has 5 fully saturated rings. The van der Waals surface area contributed by atoms with E-state index < -0.39 is 117 Å². The number of hydrogen-bond donors (Lipinski definition) is 5. The molecule has 5 N–H and O–H groups in total. The normalized spacial score (nSPS) is 15.6. The monoisotopic (exact) mass is 1990 g/mol. The molecule has 5 aromatic heterocycles. The Labute approximate surface area is 795 Å². The molecule has 38 heteroatoms. The number of hydrogen-bond acceptors (Lipinski definition) is 15. The summed E-state index contributed by atoms with van der Waals surface area (Å²) in [6.45, 7) is 33.1. The summed E-state index contributed by atoms with van der Waals surface area (Å²) < 4.78 is 246. The zero-order valence-electron chi connectivity index (χ0n) is 79.7. The highest BCUT2D eigenvalue weighted by molar-refractivity contribution is 7.95. The van der Waals surface area contributed by atoms with Gasteiger partial charge in [-0.05, 0) is 256 Å². The summed E-state index contributed by atoms with van der Waals surface area (Å²) in [6, 6.07) is 23.4. The minimum Gasteiger partial charge on any atom is -0.316 e. The van der Waals surface area contributed by atoms with E-state index in [0.717, 1.165) is 51.3 Å². The van der Waals surface area contributed by atoms with E-state index in [9.17, 15) is 96.8 Å². The molecule has 5 aliphatic carbocycles. The van der Waals surface area contributed by atoms with Crippen LogP contribution in [0.5, 0.6) is 0 Å².